The van der Waals surface area contributed by atoms with E-state index in [4.69, 9.17) is 9.15 Å². The minimum Gasteiger partial charge on any atom is -0.472 e. The number of fused-ring (bicyclic) bond motifs is 1. The molecule has 1 aromatic heterocycles. The highest BCUT2D eigenvalue weighted by Crippen LogP contribution is 2.33. The Morgan fingerprint density at radius 3 is 2.75 bits per heavy atom. The molecule has 0 aromatic carbocycles. The lowest BCUT2D eigenvalue weighted by atomic mass is 9.92. The maximum Gasteiger partial charge on any atom is 0.257 e. The number of nitrogens with zero attached hydrogens (tertiary/aromatic N) is 2. The minimum atomic E-state index is 0.0246. The number of carbonyl (C=O) groups is 2. The van der Waals surface area contributed by atoms with E-state index in [1.54, 1.807) is 6.07 Å². The molecule has 0 radical (unpaired) electrons. The lowest BCUT2D eigenvalue weighted by Crippen LogP contribution is -2.54. The molecule has 3 saturated heterocycles. The van der Waals surface area contributed by atoms with Crippen molar-refractivity contribution < 1.29 is 18.7 Å². The molecule has 0 N–H and O–H groups in total. The summed E-state index contributed by atoms with van der Waals surface area (Å²) < 4.78 is 10.5. The van der Waals surface area contributed by atoms with E-state index >= 15 is 0 Å². The number of likely N-dealkylation sites (tertiary alicyclic amines) is 2. The van der Waals surface area contributed by atoms with Gasteiger partial charge in [-0.25, -0.2) is 0 Å². The van der Waals surface area contributed by atoms with Gasteiger partial charge in [0.05, 0.1) is 23.9 Å². The van der Waals surface area contributed by atoms with Gasteiger partial charge < -0.3 is 19.0 Å². The summed E-state index contributed by atoms with van der Waals surface area (Å²) in [5.74, 6) is 0.803. The van der Waals surface area contributed by atoms with Crippen molar-refractivity contribution in [2.24, 2.45) is 5.92 Å². The van der Waals surface area contributed by atoms with Gasteiger partial charge in [0.25, 0.3) is 5.91 Å². The van der Waals surface area contributed by atoms with Crippen LogP contribution in [0.25, 0.3) is 0 Å². The van der Waals surface area contributed by atoms with Crippen molar-refractivity contribution in [1.29, 1.82) is 0 Å². The predicted octanol–water partition coefficient (Wildman–Crippen LogP) is 1.91. The summed E-state index contributed by atoms with van der Waals surface area (Å²) in [5, 5.41) is 0. The first-order valence-corrected chi connectivity index (χ1v) is 8.94. The average molecular weight is 332 g/mol. The molecule has 3 fully saturated rings. The van der Waals surface area contributed by atoms with E-state index < -0.39 is 0 Å². The van der Waals surface area contributed by atoms with Crippen molar-refractivity contribution in [3.05, 3.63) is 24.2 Å². The van der Waals surface area contributed by atoms with Crippen LogP contribution in [0, 0.1) is 5.92 Å². The molecule has 3 aliphatic heterocycles. The van der Waals surface area contributed by atoms with Gasteiger partial charge in [-0.3, -0.25) is 9.59 Å². The van der Waals surface area contributed by atoms with Crippen LogP contribution in [0.2, 0.25) is 0 Å². The second-order valence-electron chi connectivity index (χ2n) is 7.07. The number of rotatable bonds is 3. The van der Waals surface area contributed by atoms with Crippen molar-refractivity contribution >= 4 is 11.8 Å². The van der Waals surface area contributed by atoms with Crippen molar-refractivity contribution in [1.82, 2.24) is 9.80 Å². The van der Waals surface area contributed by atoms with Crippen LogP contribution in [-0.2, 0) is 9.53 Å². The zero-order valence-electron chi connectivity index (χ0n) is 13.9. The highest BCUT2D eigenvalue weighted by Gasteiger charge is 2.45. The molecule has 2 atom stereocenters. The fourth-order valence-electron chi connectivity index (χ4n) is 4.40. The molecule has 0 unspecified atom stereocenters. The van der Waals surface area contributed by atoms with Gasteiger partial charge in [-0.05, 0) is 37.7 Å². The summed E-state index contributed by atoms with van der Waals surface area (Å²) in [6.07, 6.45) is 7.28. The third kappa shape index (κ3) is 2.83. The maximum absolute atomic E-state index is 12.7. The molecular formula is C18H24N2O4. The largest absolute Gasteiger partial charge is 0.472 e. The van der Waals surface area contributed by atoms with Crippen LogP contribution in [0.3, 0.4) is 0 Å². The van der Waals surface area contributed by atoms with E-state index in [-0.39, 0.29) is 23.9 Å². The minimum absolute atomic E-state index is 0.0246. The topological polar surface area (TPSA) is 63.0 Å². The first kappa shape index (κ1) is 15.7. The second-order valence-corrected chi connectivity index (χ2v) is 7.07. The van der Waals surface area contributed by atoms with Crippen molar-refractivity contribution in [2.45, 2.75) is 44.2 Å². The van der Waals surface area contributed by atoms with Crippen LogP contribution >= 0.6 is 0 Å². The van der Waals surface area contributed by atoms with Crippen LogP contribution in [0.5, 0.6) is 0 Å². The zero-order valence-corrected chi connectivity index (χ0v) is 13.9. The van der Waals surface area contributed by atoms with E-state index in [1.165, 1.54) is 12.5 Å². The molecule has 2 amide bonds. The molecule has 6 nitrogen and oxygen atoms in total. The Morgan fingerprint density at radius 2 is 2.00 bits per heavy atom. The summed E-state index contributed by atoms with van der Waals surface area (Å²) in [5.41, 5.74) is 0.600. The quantitative estimate of drug-likeness (QED) is 0.848. The molecule has 1 aromatic rings. The number of hydrogen-bond acceptors (Lipinski definition) is 4. The van der Waals surface area contributed by atoms with Gasteiger partial charge in [0, 0.05) is 32.7 Å². The van der Waals surface area contributed by atoms with Crippen LogP contribution < -0.4 is 0 Å². The van der Waals surface area contributed by atoms with Crippen LogP contribution in [0.1, 0.15) is 42.5 Å². The first-order valence-electron chi connectivity index (χ1n) is 8.94. The van der Waals surface area contributed by atoms with Crippen LogP contribution in [0.4, 0.5) is 0 Å². The molecule has 4 rings (SSSR count). The summed E-state index contributed by atoms with van der Waals surface area (Å²) >= 11 is 0. The van der Waals surface area contributed by atoms with Crippen LogP contribution in [-0.4, -0.2) is 60.0 Å². The van der Waals surface area contributed by atoms with Gasteiger partial charge >= 0.3 is 0 Å². The van der Waals surface area contributed by atoms with E-state index in [0.29, 0.717) is 17.9 Å². The highest BCUT2D eigenvalue weighted by molar-refractivity contribution is 5.94. The zero-order chi connectivity index (χ0) is 16.5. The molecule has 24 heavy (non-hydrogen) atoms. The molecule has 130 valence electrons. The number of piperidine rings is 1. The Bertz CT molecular complexity index is 594. The van der Waals surface area contributed by atoms with E-state index in [9.17, 15) is 9.59 Å². The Kier molecular flexibility index (Phi) is 4.31. The number of hydrogen-bond donors (Lipinski definition) is 0. The van der Waals surface area contributed by atoms with Crippen molar-refractivity contribution in [3.8, 4) is 0 Å². The lowest BCUT2D eigenvalue weighted by molar-refractivity contribution is -0.138. The van der Waals surface area contributed by atoms with Crippen molar-refractivity contribution in [2.75, 3.05) is 26.3 Å². The van der Waals surface area contributed by atoms with E-state index in [0.717, 1.165) is 52.0 Å². The fraction of sp³-hybridized carbons (Fsp3) is 0.667. The summed E-state index contributed by atoms with van der Waals surface area (Å²) in [7, 11) is 0. The van der Waals surface area contributed by atoms with Gasteiger partial charge in [-0.1, -0.05) is 0 Å². The van der Waals surface area contributed by atoms with Gasteiger partial charge in [0.15, 0.2) is 0 Å². The lowest BCUT2D eigenvalue weighted by Gasteiger charge is -2.41. The molecule has 0 bridgehead atoms. The summed E-state index contributed by atoms with van der Waals surface area (Å²) in [6.45, 7) is 3.13. The summed E-state index contributed by atoms with van der Waals surface area (Å²) in [4.78, 5) is 29.2. The third-order valence-electron chi connectivity index (χ3n) is 5.71. The fourth-order valence-corrected chi connectivity index (χ4v) is 4.40. The van der Waals surface area contributed by atoms with Gasteiger partial charge in [-0.2, -0.15) is 0 Å². The van der Waals surface area contributed by atoms with E-state index in [1.807, 2.05) is 4.90 Å². The van der Waals surface area contributed by atoms with E-state index in [2.05, 4.69) is 4.90 Å². The number of carbonyl (C=O) groups excluding carboxylic acids is 2. The third-order valence-corrected chi connectivity index (χ3v) is 5.71. The molecule has 0 saturated carbocycles. The monoisotopic (exact) mass is 332 g/mol. The Balaban J connectivity index is 1.47. The molecule has 4 heterocycles. The summed E-state index contributed by atoms with van der Waals surface area (Å²) in [6, 6.07) is 2.03. The second kappa shape index (κ2) is 6.59. The highest BCUT2D eigenvalue weighted by atomic mass is 16.5. The molecule has 0 aliphatic carbocycles. The average Bonchev–Trinajstić information content (AvgIpc) is 3.27. The maximum atomic E-state index is 12.7. The smallest absolute Gasteiger partial charge is 0.257 e. The number of furan rings is 1. The van der Waals surface area contributed by atoms with Gasteiger partial charge in [0.1, 0.15) is 6.26 Å². The van der Waals surface area contributed by atoms with Crippen LogP contribution in [0.15, 0.2) is 23.0 Å². The van der Waals surface area contributed by atoms with Gasteiger partial charge in [0.2, 0.25) is 5.91 Å². The molecule has 0 spiro atoms. The normalized spacial score (nSPS) is 28.2. The van der Waals surface area contributed by atoms with Crippen molar-refractivity contribution in [3.63, 3.8) is 0 Å². The predicted molar refractivity (Wildman–Crippen MR) is 86.4 cm³/mol. The Hall–Kier alpha value is -1.82. The standard InChI is InChI=1S/C18H24N2O4/c21-17-2-1-15-16(20(17)11-13-4-8-23-9-5-13)3-7-19(15)18(22)14-6-10-24-12-14/h6,10,12-13,15-16H,1-5,7-9,11H2/t15-,16-/m0/s1. The SMILES string of the molecule is O=C1CC[C@H]2[C@H](CCN2C(=O)c2ccoc2)N1CC1CCOCC1. The number of amides is 2. The number of ether oxygens (including phenoxy) is 1. The molecular weight excluding hydrogens is 308 g/mol. The molecule has 3 aliphatic rings. The Labute approximate surface area is 141 Å². The van der Waals surface area contributed by atoms with Gasteiger partial charge in [-0.15, -0.1) is 0 Å². The Morgan fingerprint density at radius 1 is 1.17 bits per heavy atom. The first-order chi connectivity index (χ1) is 11.7. The molecule has 6 heteroatoms.